The van der Waals surface area contributed by atoms with Gasteiger partial charge in [-0.3, -0.25) is 4.79 Å². The first kappa shape index (κ1) is 17.0. The Kier molecular flexibility index (Phi) is 4.85. The van der Waals surface area contributed by atoms with E-state index in [-0.39, 0.29) is 11.4 Å². The van der Waals surface area contributed by atoms with Crippen LogP contribution in [-0.4, -0.2) is 25.6 Å². The molecule has 130 valence electrons. The maximum atomic E-state index is 12.1. The lowest BCUT2D eigenvalue weighted by atomic mass is 10.2. The Bertz CT molecular complexity index is 999. The summed E-state index contributed by atoms with van der Waals surface area (Å²) in [6.07, 6.45) is 0. The smallest absolute Gasteiger partial charge is 0.338 e. The van der Waals surface area contributed by atoms with Crippen LogP contribution < -0.4 is 10.1 Å². The third kappa shape index (κ3) is 3.49. The monoisotopic (exact) mass is 350 g/mol. The van der Waals surface area contributed by atoms with E-state index in [1.165, 1.54) is 19.2 Å². The van der Waals surface area contributed by atoms with Gasteiger partial charge in [0.15, 0.2) is 6.61 Å². The van der Waals surface area contributed by atoms with Crippen LogP contribution in [0.1, 0.15) is 16.1 Å². The summed E-state index contributed by atoms with van der Waals surface area (Å²) in [5.41, 5.74) is 1.04. The van der Waals surface area contributed by atoms with Gasteiger partial charge < -0.3 is 19.2 Å². The summed E-state index contributed by atoms with van der Waals surface area (Å²) in [5, 5.41) is 12.3. The van der Waals surface area contributed by atoms with Crippen LogP contribution in [0.25, 0.3) is 11.0 Å². The number of hydrogen-bond donors (Lipinski definition) is 1. The molecule has 0 spiro atoms. The van der Waals surface area contributed by atoms with E-state index in [9.17, 15) is 9.59 Å². The van der Waals surface area contributed by atoms with Crippen LogP contribution in [0.5, 0.6) is 5.75 Å². The molecule has 7 nitrogen and oxygen atoms in total. The van der Waals surface area contributed by atoms with Crippen molar-refractivity contribution in [2.24, 2.45) is 0 Å². The number of hydrogen-bond acceptors (Lipinski definition) is 6. The van der Waals surface area contributed by atoms with E-state index in [4.69, 9.17) is 19.2 Å². The Balaban J connectivity index is 1.66. The van der Waals surface area contributed by atoms with Crippen LogP contribution in [0.2, 0.25) is 0 Å². The second kappa shape index (κ2) is 7.40. The largest absolute Gasteiger partial charge is 0.497 e. The maximum Gasteiger partial charge on any atom is 0.338 e. The molecule has 0 radical (unpaired) electrons. The lowest BCUT2D eigenvalue weighted by molar-refractivity contribution is -0.119. The highest BCUT2D eigenvalue weighted by Gasteiger charge is 2.17. The maximum absolute atomic E-state index is 12.1. The number of amides is 1. The van der Waals surface area contributed by atoms with Crippen molar-refractivity contribution >= 4 is 28.5 Å². The zero-order valence-electron chi connectivity index (χ0n) is 13.8. The van der Waals surface area contributed by atoms with Gasteiger partial charge in [-0.25, -0.2) is 4.79 Å². The first-order chi connectivity index (χ1) is 12.6. The number of ether oxygens (including phenoxy) is 2. The van der Waals surface area contributed by atoms with Crippen LogP contribution in [0.4, 0.5) is 5.69 Å². The molecule has 0 atom stereocenters. The number of nitrogens with zero attached hydrogens (tertiary/aromatic N) is 1. The molecule has 0 bridgehead atoms. The molecule has 26 heavy (non-hydrogen) atoms. The van der Waals surface area contributed by atoms with Crippen molar-refractivity contribution in [1.29, 1.82) is 5.26 Å². The van der Waals surface area contributed by atoms with E-state index in [0.29, 0.717) is 22.3 Å². The number of methoxy groups -OCH3 is 1. The molecule has 1 N–H and O–H groups in total. The fourth-order valence-electron chi connectivity index (χ4n) is 2.37. The average Bonchev–Trinajstić information content (AvgIpc) is 3.04. The highest BCUT2D eigenvalue weighted by atomic mass is 16.5. The number of rotatable bonds is 5. The van der Waals surface area contributed by atoms with Crippen LogP contribution in [-0.2, 0) is 9.53 Å². The number of nitrogens with one attached hydrogen (secondary N) is 1. The lowest BCUT2D eigenvalue weighted by Gasteiger charge is -2.06. The molecule has 0 aliphatic carbocycles. The van der Waals surface area contributed by atoms with Gasteiger partial charge in [-0.2, -0.15) is 5.26 Å². The number of furan rings is 1. The van der Waals surface area contributed by atoms with Crippen molar-refractivity contribution in [3.63, 3.8) is 0 Å². The predicted molar refractivity (Wildman–Crippen MR) is 92.8 cm³/mol. The lowest BCUT2D eigenvalue weighted by Crippen LogP contribution is -2.21. The summed E-state index contributed by atoms with van der Waals surface area (Å²) in [4.78, 5) is 24.1. The Morgan fingerprint density at radius 3 is 2.58 bits per heavy atom. The number of fused-ring (bicyclic) bond motifs is 1. The van der Waals surface area contributed by atoms with Gasteiger partial charge in [0.05, 0.1) is 12.7 Å². The van der Waals surface area contributed by atoms with Crippen molar-refractivity contribution in [1.82, 2.24) is 0 Å². The van der Waals surface area contributed by atoms with Crippen LogP contribution in [0.15, 0.2) is 52.9 Å². The van der Waals surface area contributed by atoms with E-state index in [2.05, 4.69) is 5.32 Å². The summed E-state index contributed by atoms with van der Waals surface area (Å²) in [6.45, 7) is -0.491. The molecule has 0 aliphatic rings. The summed E-state index contributed by atoms with van der Waals surface area (Å²) < 4.78 is 15.4. The first-order valence-electron chi connectivity index (χ1n) is 7.65. The molecule has 1 aromatic heterocycles. The Morgan fingerprint density at radius 2 is 1.88 bits per heavy atom. The Labute approximate surface area is 148 Å². The molecule has 0 aliphatic heterocycles. The quantitative estimate of drug-likeness (QED) is 0.710. The van der Waals surface area contributed by atoms with Crippen LogP contribution in [0, 0.1) is 11.3 Å². The van der Waals surface area contributed by atoms with Crippen molar-refractivity contribution in [2.75, 3.05) is 19.0 Å². The molecule has 0 saturated carbocycles. The summed E-state index contributed by atoms with van der Waals surface area (Å²) in [6, 6.07) is 15.1. The van der Waals surface area contributed by atoms with Gasteiger partial charge in [0.1, 0.15) is 23.1 Å². The van der Waals surface area contributed by atoms with Gasteiger partial charge in [-0.15, -0.1) is 0 Å². The second-order valence-electron chi connectivity index (χ2n) is 5.27. The van der Waals surface area contributed by atoms with Crippen molar-refractivity contribution in [2.45, 2.75) is 0 Å². The number of para-hydroxylation sites is 1. The van der Waals surface area contributed by atoms with Crippen LogP contribution in [0.3, 0.4) is 0 Å². The minimum atomic E-state index is -0.639. The molecule has 3 aromatic rings. The number of carbonyl (C=O) groups is 2. The van der Waals surface area contributed by atoms with Gasteiger partial charge in [0, 0.05) is 5.39 Å². The third-order valence-corrected chi connectivity index (χ3v) is 3.62. The topological polar surface area (TPSA) is 102 Å². The SMILES string of the molecule is COc1ccc(C(=O)OCC(=O)Nc2c(C#N)oc3ccccc23)cc1. The van der Waals surface area contributed by atoms with Crippen LogP contribution >= 0.6 is 0 Å². The third-order valence-electron chi connectivity index (χ3n) is 3.62. The molecular formula is C19H14N2O5. The minimum absolute atomic E-state index is 0.0129. The Morgan fingerprint density at radius 1 is 1.15 bits per heavy atom. The number of esters is 1. The van der Waals surface area contributed by atoms with Crippen molar-refractivity contribution in [3.05, 3.63) is 59.9 Å². The van der Waals surface area contributed by atoms with E-state index < -0.39 is 18.5 Å². The Hall–Kier alpha value is -3.79. The molecule has 3 rings (SSSR count). The average molecular weight is 350 g/mol. The van der Waals surface area contributed by atoms with Gasteiger partial charge in [-0.1, -0.05) is 12.1 Å². The fourth-order valence-corrected chi connectivity index (χ4v) is 2.37. The summed E-state index contributed by atoms with van der Waals surface area (Å²) in [7, 11) is 1.52. The molecule has 7 heteroatoms. The van der Waals surface area contributed by atoms with Gasteiger partial charge in [0.2, 0.25) is 5.76 Å². The zero-order chi connectivity index (χ0) is 18.5. The van der Waals surface area contributed by atoms with Gasteiger partial charge >= 0.3 is 5.97 Å². The number of carbonyl (C=O) groups excluding carboxylic acids is 2. The standard InChI is InChI=1S/C19H14N2O5/c1-24-13-8-6-12(7-9-13)19(23)25-11-17(22)21-18-14-4-2-3-5-15(14)26-16(18)10-20/h2-9H,11H2,1H3,(H,21,22). The first-order valence-corrected chi connectivity index (χ1v) is 7.65. The van der Waals surface area contributed by atoms with Gasteiger partial charge in [0.25, 0.3) is 5.91 Å². The normalized spacial score (nSPS) is 10.2. The van der Waals surface area contributed by atoms with Crippen molar-refractivity contribution < 1.29 is 23.5 Å². The minimum Gasteiger partial charge on any atom is -0.497 e. The molecule has 1 amide bonds. The molecule has 0 unspecified atom stereocenters. The molecule has 0 saturated heterocycles. The zero-order valence-corrected chi connectivity index (χ0v) is 13.8. The molecule has 2 aromatic carbocycles. The van der Waals surface area contributed by atoms with E-state index in [1.807, 2.05) is 6.07 Å². The fraction of sp³-hybridized carbons (Fsp3) is 0.105. The van der Waals surface area contributed by atoms with E-state index in [1.54, 1.807) is 36.4 Å². The summed E-state index contributed by atoms with van der Waals surface area (Å²) in [5.74, 6) is -0.619. The molecular weight excluding hydrogens is 336 g/mol. The van der Waals surface area contributed by atoms with E-state index >= 15 is 0 Å². The summed E-state index contributed by atoms with van der Waals surface area (Å²) >= 11 is 0. The number of anilines is 1. The second-order valence-corrected chi connectivity index (χ2v) is 5.27. The highest BCUT2D eigenvalue weighted by molar-refractivity contribution is 6.03. The molecule has 0 fully saturated rings. The van der Waals surface area contributed by atoms with Crippen molar-refractivity contribution in [3.8, 4) is 11.8 Å². The number of benzene rings is 2. The number of nitriles is 1. The van der Waals surface area contributed by atoms with Gasteiger partial charge in [-0.05, 0) is 36.4 Å². The molecule has 1 heterocycles. The van der Waals surface area contributed by atoms with E-state index in [0.717, 1.165) is 0 Å². The highest BCUT2D eigenvalue weighted by Crippen LogP contribution is 2.30. The predicted octanol–water partition coefficient (Wildman–Crippen LogP) is 3.11.